The van der Waals surface area contributed by atoms with Gasteiger partial charge in [-0.05, 0) is 30.7 Å². The van der Waals surface area contributed by atoms with Crippen LogP contribution in [0.4, 0.5) is 5.95 Å². The number of aromatic nitrogens is 5. The van der Waals surface area contributed by atoms with Gasteiger partial charge in [-0.1, -0.05) is 15.9 Å². The molecule has 0 amide bonds. The molecule has 0 aliphatic rings. The Morgan fingerprint density at radius 3 is 2.59 bits per heavy atom. The number of rotatable bonds is 2. The topological polar surface area (TPSA) is 116 Å². The Bertz CT molecular complexity index is 998. The van der Waals surface area contributed by atoms with Gasteiger partial charge in [0.2, 0.25) is 15.8 Å². The second kappa shape index (κ2) is 4.99. The first-order valence-electron chi connectivity index (χ1n) is 6.12. The molecule has 114 valence electrons. The van der Waals surface area contributed by atoms with Gasteiger partial charge in [0.25, 0.3) is 10.9 Å². The standard InChI is InChI=1S/C12H11BrN6O2S/c1-6-5-7(13)3-4-8(6)9-15-11-17-12(22(2,20)21)16-10(14)19(11)18-9/h3-5H,1-2H3,(H2,14,15,16,17,18). The molecule has 3 aromatic rings. The number of aryl methyl sites for hydroxylation is 1. The summed E-state index contributed by atoms with van der Waals surface area (Å²) in [4.78, 5) is 11.9. The molecule has 0 atom stereocenters. The van der Waals surface area contributed by atoms with Crippen LogP contribution in [-0.4, -0.2) is 39.2 Å². The molecule has 2 aromatic heterocycles. The molecule has 2 heterocycles. The van der Waals surface area contributed by atoms with E-state index in [2.05, 4.69) is 36.0 Å². The molecule has 0 unspecified atom stereocenters. The van der Waals surface area contributed by atoms with Crippen molar-refractivity contribution in [1.29, 1.82) is 0 Å². The van der Waals surface area contributed by atoms with E-state index in [0.29, 0.717) is 5.82 Å². The van der Waals surface area contributed by atoms with Crippen molar-refractivity contribution >= 4 is 37.5 Å². The number of sulfone groups is 1. The fraction of sp³-hybridized carbons (Fsp3) is 0.167. The van der Waals surface area contributed by atoms with Gasteiger partial charge in [-0.2, -0.15) is 19.5 Å². The van der Waals surface area contributed by atoms with E-state index in [1.807, 2.05) is 25.1 Å². The lowest BCUT2D eigenvalue weighted by atomic mass is 10.1. The van der Waals surface area contributed by atoms with Crippen molar-refractivity contribution in [2.75, 3.05) is 12.0 Å². The largest absolute Gasteiger partial charge is 0.368 e. The van der Waals surface area contributed by atoms with Crippen LogP contribution in [0.25, 0.3) is 17.2 Å². The van der Waals surface area contributed by atoms with E-state index in [-0.39, 0.29) is 16.9 Å². The van der Waals surface area contributed by atoms with Gasteiger partial charge >= 0.3 is 0 Å². The first kappa shape index (κ1) is 14.9. The van der Waals surface area contributed by atoms with Crippen LogP contribution in [0.2, 0.25) is 0 Å². The quantitative estimate of drug-likeness (QED) is 0.708. The molecule has 8 nitrogen and oxygen atoms in total. The van der Waals surface area contributed by atoms with Gasteiger partial charge in [0.1, 0.15) is 0 Å². The number of hydrogen-bond donors (Lipinski definition) is 1. The summed E-state index contributed by atoms with van der Waals surface area (Å²) in [7, 11) is -3.58. The first-order chi connectivity index (χ1) is 10.3. The zero-order valence-corrected chi connectivity index (χ0v) is 14.1. The molecule has 0 saturated heterocycles. The van der Waals surface area contributed by atoms with Crippen LogP contribution in [0.3, 0.4) is 0 Å². The summed E-state index contributed by atoms with van der Waals surface area (Å²) < 4.78 is 25.3. The lowest BCUT2D eigenvalue weighted by Gasteiger charge is -2.01. The lowest BCUT2D eigenvalue weighted by Crippen LogP contribution is -2.11. The Balaban J connectivity index is 2.24. The van der Waals surface area contributed by atoms with E-state index in [0.717, 1.165) is 21.9 Å². The highest BCUT2D eigenvalue weighted by Crippen LogP contribution is 2.24. The van der Waals surface area contributed by atoms with Crippen LogP contribution in [0, 0.1) is 6.92 Å². The highest BCUT2D eigenvalue weighted by Gasteiger charge is 2.18. The Kier molecular flexibility index (Phi) is 3.37. The third-order valence-electron chi connectivity index (χ3n) is 2.97. The van der Waals surface area contributed by atoms with Crippen molar-refractivity contribution in [3.8, 4) is 11.4 Å². The zero-order chi connectivity index (χ0) is 16.1. The molecule has 1 aromatic carbocycles. The Morgan fingerprint density at radius 1 is 1.23 bits per heavy atom. The maximum absolute atomic E-state index is 11.6. The van der Waals surface area contributed by atoms with E-state index in [9.17, 15) is 8.42 Å². The third-order valence-corrected chi connectivity index (χ3v) is 4.31. The summed E-state index contributed by atoms with van der Waals surface area (Å²) >= 11 is 3.39. The fourth-order valence-corrected chi connectivity index (χ4v) is 2.93. The summed E-state index contributed by atoms with van der Waals surface area (Å²) in [5, 5.41) is 3.87. The first-order valence-corrected chi connectivity index (χ1v) is 8.81. The Labute approximate surface area is 134 Å². The predicted molar refractivity (Wildman–Crippen MR) is 84.0 cm³/mol. The van der Waals surface area contributed by atoms with Crippen LogP contribution in [0.1, 0.15) is 5.56 Å². The average molecular weight is 383 g/mol. The van der Waals surface area contributed by atoms with Crippen LogP contribution >= 0.6 is 15.9 Å². The summed E-state index contributed by atoms with van der Waals surface area (Å²) in [5.41, 5.74) is 7.50. The smallest absolute Gasteiger partial charge is 0.258 e. The number of halogens is 1. The van der Waals surface area contributed by atoms with Crippen LogP contribution < -0.4 is 5.73 Å². The molecule has 0 aliphatic heterocycles. The van der Waals surface area contributed by atoms with E-state index >= 15 is 0 Å². The highest BCUT2D eigenvalue weighted by atomic mass is 79.9. The molecular formula is C12H11BrN6O2S. The zero-order valence-electron chi connectivity index (χ0n) is 11.6. The van der Waals surface area contributed by atoms with Crippen molar-refractivity contribution in [1.82, 2.24) is 24.6 Å². The molecule has 0 aliphatic carbocycles. The number of nitrogen functional groups attached to an aromatic ring is 1. The van der Waals surface area contributed by atoms with Crippen molar-refractivity contribution in [2.24, 2.45) is 0 Å². The summed E-state index contributed by atoms with van der Waals surface area (Å²) in [6.07, 6.45) is 1.01. The van der Waals surface area contributed by atoms with Crippen molar-refractivity contribution in [2.45, 2.75) is 12.1 Å². The maximum atomic E-state index is 11.6. The van der Waals surface area contributed by atoms with E-state index in [1.54, 1.807) is 0 Å². The van der Waals surface area contributed by atoms with Gasteiger partial charge < -0.3 is 5.73 Å². The molecule has 0 bridgehead atoms. The summed E-state index contributed by atoms with van der Waals surface area (Å²) in [6, 6.07) is 5.65. The SMILES string of the molecule is Cc1cc(Br)ccc1-c1nc2nc(S(C)(=O)=O)nc(N)n2n1. The second-order valence-electron chi connectivity index (χ2n) is 4.74. The number of benzene rings is 1. The van der Waals surface area contributed by atoms with Crippen LogP contribution in [-0.2, 0) is 9.84 Å². The monoisotopic (exact) mass is 382 g/mol. The fourth-order valence-electron chi connectivity index (χ4n) is 1.94. The normalized spacial score (nSPS) is 12.0. The van der Waals surface area contributed by atoms with Crippen molar-refractivity contribution in [3.05, 3.63) is 28.2 Å². The minimum Gasteiger partial charge on any atom is -0.368 e. The van der Waals surface area contributed by atoms with E-state index in [1.165, 1.54) is 4.52 Å². The maximum Gasteiger partial charge on any atom is 0.258 e. The van der Waals surface area contributed by atoms with Gasteiger partial charge in [0.05, 0.1) is 0 Å². The minimum absolute atomic E-state index is 0.0843. The number of nitrogens with zero attached hydrogens (tertiary/aromatic N) is 5. The highest BCUT2D eigenvalue weighted by molar-refractivity contribution is 9.10. The Morgan fingerprint density at radius 2 is 1.95 bits per heavy atom. The van der Waals surface area contributed by atoms with Gasteiger partial charge in [0, 0.05) is 16.3 Å². The lowest BCUT2D eigenvalue weighted by molar-refractivity contribution is 0.592. The van der Waals surface area contributed by atoms with Crippen LogP contribution in [0.5, 0.6) is 0 Å². The van der Waals surface area contributed by atoms with E-state index in [4.69, 9.17) is 5.73 Å². The molecule has 3 rings (SSSR count). The second-order valence-corrected chi connectivity index (χ2v) is 7.57. The summed E-state index contributed by atoms with van der Waals surface area (Å²) in [5.74, 6) is 0.404. The molecule has 0 spiro atoms. The molecule has 0 fully saturated rings. The molecular weight excluding hydrogens is 372 g/mol. The van der Waals surface area contributed by atoms with Crippen LogP contribution in [0.15, 0.2) is 27.8 Å². The average Bonchev–Trinajstić information content (AvgIpc) is 2.81. The van der Waals surface area contributed by atoms with Gasteiger partial charge in [-0.15, -0.1) is 5.10 Å². The summed E-state index contributed by atoms with van der Waals surface area (Å²) in [6.45, 7) is 1.92. The molecule has 0 saturated carbocycles. The minimum atomic E-state index is -3.58. The molecule has 10 heteroatoms. The van der Waals surface area contributed by atoms with Gasteiger partial charge in [0.15, 0.2) is 5.82 Å². The van der Waals surface area contributed by atoms with Crippen molar-refractivity contribution in [3.63, 3.8) is 0 Å². The molecule has 0 radical (unpaired) electrons. The van der Waals surface area contributed by atoms with Gasteiger partial charge in [-0.25, -0.2) is 8.42 Å². The predicted octanol–water partition coefficient (Wildman–Crippen LogP) is 1.24. The van der Waals surface area contributed by atoms with Crippen molar-refractivity contribution < 1.29 is 8.42 Å². The third kappa shape index (κ3) is 2.55. The Hall–Kier alpha value is -2.07. The molecule has 22 heavy (non-hydrogen) atoms. The number of nitrogens with two attached hydrogens (primary N) is 1. The molecule has 2 N–H and O–H groups in total. The number of fused-ring (bicyclic) bond motifs is 1. The number of anilines is 1. The van der Waals surface area contributed by atoms with E-state index < -0.39 is 9.84 Å². The number of hydrogen-bond acceptors (Lipinski definition) is 7. The van der Waals surface area contributed by atoms with Gasteiger partial charge in [-0.3, -0.25) is 0 Å².